The van der Waals surface area contributed by atoms with Gasteiger partial charge in [0.25, 0.3) is 0 Å². The number of carbonyl (C=O) groups excluding carboxylic acids is 1. The van der Waals surface area contributed by atoms with Crippen molar-refractivity contribution in [3.8, 4) is 0 Å². The van der Waals surface area contributed by atoms with Crippen molar-refractivity contribution in [2.24, 2.45) is 11.7 Å². The van der Waals surface area contributed by atoms with Gasteiger partial charge in [-0.25, -0.2) is 0 Å². The molecule has 0 aliphatic rings. The van der Waals surface area contributed by atoms with Gasteiger partial charge in [-0.1, -0.05) is 13.8 Å². The molecule has 0 aromatic rings. The summed E-state index contributed by atoms with van der Waals surface area (Å²) in [4.78, 5) is 10.7. The third-order valence-corrected chi connectivity index (χ3v) is 1.49. The minimum Gasteiger partial charge on any atom is -0.321 e. The highest BCUT2D eigenvalue weighted by molar-refractivity contribution is 6.28. The van der Waals surface area contributed by atoms with Crippen LogP contribution in [0.5, 0.6) is 0 Å². The lowest BCUT2D eigenvalue weighted by atomic mass is 10.0. The van der Waals surface area contributed by atoms with E-state index in [-0.39, 0.29) is 36.0 Å². The quantitative estimate of drug-likeness (QED) is 0.673. The minimum atomic E-state index is -0.387. The first-order valence-electron chi connectivity index (χ1n) is 2.93. The molecule has 0 saturated carbocycles. The molecule has 0 spiro atoms. The SMILES string of the molecule is CC(C)[C@H](N)C(=O)CCl.Cl. The van der Waals surface area contributed by atoms with Gasteiger partial charge < -0.3 is 5.73 Å². The van der Waals surface area contributed by atoms with Gasteiger partial charge >= 0.3 is 0 Å². The van der Waals surface area contributed by atoms with Crippen LogP contribution in [-0.2, 0) is 4.79 Å². The van der Waals surface area contributed by atoms with Gasteiger partial charge in [-0.2, -0.15) is 0 Å². The summed E-state index contributed by atoms with van der Waals surface area (Å²) in [6.45, 7) is 3.80. The predicted octanol–water partition coefficient (Wildman–Crippen LogP) is 1.20. The van der Waals surface area contributed by atoms with Gasteiger partial charge in [0.2, 0.25) is 0 Å². The van der Waals surface area contributed by atoms with Crippen LogP contribution in [0.2, 0.25) is 0 Å². The van der Waals surface area contributed by atoms with Crippen LogP contribution in [0, 0.1) is 5.92 Å². The van der Waals surface area contributed by atoms with Crippen LogP contribution in [0.4, 0.5) is 0 Å². The van der Waals surface area contributed by atoms with E-state index in [0.717, 1.165) is 0 Å². The molecular weight excluding hydrogens is 173 g/mol. The smallest absolute Gasteiger partial charge is 0.164 e. The Morgan fingerprint density at radius 2 is 2.00 bits per heavy atom. The molecule has 0 heterocycles. The van der Waals surface area contributed by atoms with Gasteiger partial charge in [-0.05, 0) is 5.92 Å². The summed E-state index contributed by atoms with van der Waals surface area (Å²) >= 11 is 5.26. The molecule has 4 heteroatoms. The fourth-order valence-corrected chi connectivity index (χ4v) is 0.639. The second kappa shape index (κ2) is 5.96. The highest BCUT2D eigenvalue weighted by atomic mass is 35.5. The number of hydrogen-bond donors (Lipinski definition) is 1. The van der Waals surface area contributed by atoms with Crippen LogP contribution in [0.25, 0.3) is 0 Å². The second-order valence-corrected chi connectivity index (χ2v) is 2.64. The Kier molecular flexibility index (Phi) is 7.65. The van der Waals surface area contributed by atoms with Crippen LogP contribution in [0.3, 0.4) is 0 Å². The zero-order chi connectivity index (χ0) is 7.44. The zero-order valence-electron chi connectivity index (χ0n) is 6.13. The Morgan fingerprint density at radius 1 is 1.60 bits per heavy atom. The molecule has 0 amide bonds. The third-order valence-electron chi connectivity index (χ3n) is 1.22. The Bertz CT molecular complexity index is 106. The molecule has 0 bridgehead atoms. The van der Waals surface area contributed by atoms with Crippen molar-refractivity contribution in [1.82, 2.24) is 0 Å². The number of ketones is 1. The van der Waals surface area contributed by atoms with E-state index in [1.807, 2.05) is 13.8 Å². The van der Waals surface area contributed by atoms with Crippen LogP contribution in [0.15, 0.2) is 0 Å². The zero-order valence-corrected chi connectivity index (χ0v) is 7.71. The summed E-state index contributed by atoms with van der Waals surface area (Å²) in [5.74, 6) is 0.141. The lowest BCUT2D eigenvalue weighted by molar-refractivity contribution is -0.118. The van der Waals surface area contributed by atoms with Crippen LogP contribution < -0.4 is 5.73 Å². The van der Waals surface area contributed by atoms with Crippen LogP contribution in [0.1, 0.15) is 13.8 Å². The van der Waals surface area contributed by atoms with Crippen molar-refractivity contribution < 1.29 is 4.79 Å². The molecule has 0 radical (unpaired) electrons. The number of Topliss-reactive ketones (excluding diaryl/α,β-unsaturated/α-hetero) is 1. The molecule has 0 aliphatic heterocycles. The number of nitrogens with two attached hydrogens (primary N) is 1. The first-order chi connectivity index (χ1) is 4.09. The lowest BCUT2D eigenvalue weighted by Gasteiger charge is -2.11. The summed E-state index contributed by atoms with van der Waals surface area (Å²) in [7, 11) is 0. The molecule has 0 saturated heterocycles. The topological polar surface area (TPSA) is 43.1 Å². The lowest BCUT2D eigenvalue weighted by Crippen LogP contribution is -2.36. The van der Waals surface area contributed by atoms with Crippen molar-refractivity contribution in [1.29, 1.82) is 0 Å². The van der Waals surface area contributed by atoms with Crippen molar-refractivity contribution >= 4 is 29.8 Å². The molecule has 0 fully saturated rings. The fourth-order valence-electron chi connectivity index (χ4n) is 0.461. The average Bonchev–Trinajstić information content (AvgIpc) is 1.84. The Morgan fingerprint density at radius 3 is 2.10 bits per heavy atom. The van der Waals surface area contributed by atoms with Gasteiger partial charge in [-0.15, -0.1) is 24.0 Å². The molecular formula is C6H13Cl2NO. The number of alkyl halides is 1. The average molecular weight is 186 g/mol. The highest BCUT2D eigenvalue weighted by Gasteiger charge is 2.14. The second-order valence-electron chi connectivity index (χ2n) is 2.37. The van der Waals surface area contributed by atoms with E-state index in [0.29, 0.717) is 0 Å². The van der Waals surface area contributed by atoms with Crippen molar-refractivity contribution in [3.05, 3.63) is 0 Å². The van der Waals surface area contributed by atoms with Gasteiger partial charge in [0.15, 0.2) is 5.78 Å². The Hall–Kier alpha value is 0.210. The Labute approximate surface area is 72.5 Å². The summed E-state index contributed by atoms with van der Waals surface area (Å²) < 4.78 is 0. The first-order valence-corrected chi connectivity index (χ1v) is 3.47. The maximum Gasteiger partial charge on any atom is 0.164 e. The number of halogens is 2. The summed E-state index contributed by atoms with van der Waals surface area (Å²) in [5.41, 5.74) is 5.44. The highest BCUT2D eigenvalue weighted by Crippen LogP contribution is 1.99. The van der Waals surface area contributed by atoms with Crippen LogP contribution >= 0.6 is 24.0 Å². The molecule has 0 unspecified atom stereocenters. The van der Waals surface area contributed by atoms with E-state index in [2.05, 4.69) is 0 Å². The van der Waals surface area contributed by atoms with E-state index in [1.54, 1.807) is 0 Å². The molecule has 2 nitrogen and oxygen atoms in total. The van der Waals surface area contributed by atoms with Gasteiger partial charge in [-0.3, -0.25) is 4.79 Å². The summed E-state index contributed by atoms with van der Waals surface area (Å²) in [5, 5.41) is 0. The summed E-state index contributed by atoms with van der Waals surface area (Å²) in [6, 6.07) is -0.387. The van der Waals surface area contributed by atoms with Gasteiger partial charge in [0.1, 0.15) is 0 Å². The van der Waals surface area contributed by atoms with Crippen molar-refractivity contribution in [2.75, 3.05) is 5.88 Å². The first kappa shape index (κ1) is 12.8. The maximum absolute atomic E-state index is 10.7. The molecule has 1 atom stereocenters. The molecule has 0 aromatic heterocycles. The minimum absolute atomic E-state index is 0. The molecule has 10 heavy (non-hydrogen) atoms. The number of rotatable bonds is 3. The largest absolute Gasteiger partial charge is 0.321 e. The van der Waals surface area contributed by atoms with Crippen molar-refractivity contribution in [3.63, 3.8) is 0 Å². The van der Waals surface area contributed by atoms with E-state index >= 15 is 0 Å². The molecule has 62 valence electrons. The Balaban J connectivity index is 0. The predicted molar refractivity (Wildman–Crippen MR) is 45.8 cm³/mol. The van der Waals surface area contributed by atoms with E-state index in [1.165, 1.54) is 0 Å². The normalized spacial score (nSPS) is 12.5. The standard InChI is InChI=1S/C6H12ClNO.ClH/c1-4(2)6(8)5(9)3-7;/h4,6H,3,8H2,1-2H3;1H/t6-;/m0./s1. The fraction of sp³-hybridized carbons (Fsp3) is 0.833. The maximum atomic E-state index is 10.7. The van der Waals surface area contributed by atoms with E-state index in [4.69, 9.17) is 17.3 Å². The number of hydrogen-bond acceptors (Lipinski definition) is 2. The summed E-state index contributed by atoms with van der Waals surface area (Å²) in [6.07, 6.45) is 0. The third kappa shape index (κ3) is 4.09. The van der Waals surface area contributed by atoms with Crippen molar-refractivity contribution in [2.45, 2.75) is 19.9 Å². The monoisotopic (exact) mass is 185 g/mol. The van der Waals surface area contributed by atoms with Crippen LogP contribution in [-0.4, -0.2) is 17.7 Å². The molecule has 0 aliphatic carbocycles. The number of carbonyl (C=O) groups is 1. The molecule has 0 aromatic carbocycles. The van der Waals surface area contributed by atoms with E-state index in [9.17, 15) is 4.79 Å². The van der Waals surface area contributed by atoms with Gasteiger partial charge in [0.05, 0.1) is 11.9 Å². The van der Waals surface area contributed by atoms with Gasteiger partial charge in [0, 0.05) is 0 Å². The molecule has 0 rings (SSSR count). The molecule has 2 N–H and O–H groups in total. The van der Waals surface area contributed by atoms with E-state index < -0.39 is 0 Å².